The van der Waals surface area contributed by atoms with Gasteiger partial charge in [-0.2, -0.15) is 0 Å². The van der Waals surface area contributed by atoms with Crippen molar-refractivity contribution in [1.82, 2.24) is 4.57 Å². The SMILES string of the molecule is Clc1cccc2c1ccn2CCC1CCCO1. The predicted molar refractivity (Wildman–Crippen MR) is 70.5 cm³/mol. The van der Waals surface area contributed by atoms with Crippen LogP contribution in [0.25, 0.3) is 10.9 Å². The van der Waals surface area contributed by atoms with Crippen molar-refractivity contribution in [2.45, 2.75) is 31.9 Å². The van der Waals surface area contributed by atoms with Crippen LogP contribution in [0, 0.1) is 0 Å². The van der Waals surface area contributed by atoms with Crippen LogP contribution in [0.3, 0.4) is 0 Å². The van der Waals surface area contributed by atoms with E-state index in [1.54, 1.807) is 0 Å². The summed E-state index contributed by atoms with van der Waals surface area (Å²) in [5.74, 6) is 0. The molecular formula is C14H16ClNO. The topological polar surface area (TPSA) is 14.2 Å². The molecule has 1 atom stereocenters. The largest absolute Gasteiger partial charge is 0.378 e. The Morgan fingerprint density at radius 1 is 1.35 bits per heavy atom. The average Bonchev–Trinajstić information content (AvgIpc) is 2.95. The number of nitrogens with zero attached hydrogens (tertiary/aromatic N) is 1. The molecular weight excluding hydrogens is 234 g/mol. The molecule has 1 unspecified atom stereocenters. The zero-order valence-electron chi connectivity index (χ0n) is 9.73. The molecule has 0 N–H and O–H groups in total. The molecule has 90 valence electrons. The zero-order chi connectivity index (χ0) is 11.7. The van der Waals surface area contributed by atoms with Gasteiger partial charge in [-0.25, -0.2) is 0 Å². The lowest BCUT2D eigenvalue weighted by Gasteiger charge is -2.10. The molecule has 2 aromatic rings. The van der Waals surface area contributed by atoms with Crippen molar-refractivity contribution >= 4 is 22.5 Å². The monoisotopic (exact) mass is 249 g/mol. The molecule has 17 heavy (non-hydrogen) atoms. The Morgan fingerprint density at radius 3 is 3.12 bits per heavy atom. The molecule has 2 nitrogen and oxygen atoms in total. The van der Waals surface area contributed by atoms with Gasteiger partial charge >= 0.3 is 0 Å². The Balaban J connectivity index is 1.78. The second kappa shape index (κ2) is 4.71. The fraction of sp³-hybridized carbons (Fsp3) is 0.429. The summed E-state index contributed by atoms with van der Waals surface area (Å²) >= 11 is 6.16. The van der Waals surface area contributed by atoms with Crippen molar-refractivity contribution < 1.29 is 4.74 Å². The Hall–Kier alpha value is -0.990. The van der Waals surface area contributed by atoms with Gasteiger partial charge < -0.3 is 9.30 Å². The minimum absolute atomic E-state index is 0.451. The summed E-state index contributed by atoms with van der Waals surface area (Å²) in [6, 6.07) is 8.16. The van der Waals surface area contributed by atoms with Crippen LogP contribution >= 0.6 is 11.6 Å². The molecule has 1 saturated heterocycles. The van der Waals surface area contributed by atoms with Crippen LogP contribution in [0.15, 0.2) is 30.5 Å². The van der Waals surface area contributed by atoms with Crippen LogP contribution in [-0.2, 0) is 11.3 Å². The molecule has 1 aromatic heterocycles. The van der Waals surface area contributed by atoms with E-state index in [4.69, 9.17) is 16.3 Å². The third-order valence-corrected chi connectivity index (χ3v) is 3.81. The van der Waals surface area contributed by atoms with E-state index < -0.39 is 0 Å². The molecule has 3 rings (SSSR count). The Kier molecular flexibility index (Phi) is 3.08. The highest BCUT2D eigenvalue weighted by Gasteiger charge is 2.15. The van der Waals surface area contributed by atoms with E-state index in [2.05, 4.69) is 22.9 Å². The zero-order valence-corrected chi connectivity index (χ0v) is 10.5. The van der Waals surface area contributed by atoms with E-state index in [1.807, 2.05) is 12.1 Å². The van der Waals surface area contributed by atoms with Crippen molar-refractivity contribution in [3.05, 3.63) is 35.5 Å². The first-order valence-electron chi connectivity index (χ1n) is 6.19. The summed E-state index contributed by atoms with van der Waals surface area (Å²) < 4.78 is 7.91. The van der Waals surface area contributed by atoms with Crippen molar-refractivity contribution in [3.63, 3.8) is 0 Å². The van der Waals surface area contributed by atoms with Gasteiger partial charge in [0, 0.05) is 35.3 Å². The number of aromatic nitrogens is 1. The summed E-state index contributed by atoms with van der Waals surface area (Å²) in [5, 5.41) is 1.97. The lowest BCUT2D eigenvalue weighted by molar-refractivity contribution is 0.101. The number of halogens is 1. The summed E-state index contributed by atoms with van der Waals surface area (Å²) in [4.78, 5) is 0. The smallest absolute Gasteiger partial charge is 0.0593 e. The van der Waals surface area contributed by atoms with Crippen LogP contribution in [0.2, 0.25) is 5.02 Å². The Bertz CT molecular complexity index is 514. The predicted octanol–water partition coefficient (Wildman–Crippen LogP) is 3.86. The maximum absolute atomic E-state index is 6.16. The van der Waals surface area contributed by atoms with E-state index in [-0.39, 0.29) is 0 Å². The standard InChI is InChI=1S/C14H16ClNO/c15-13-4-1-5-14-12(13)7-9-16(14)8-6-11-3-2-10-17-11/h1,4-5,7,9,11H,2-3,6,8,10H2. The number of rotatable bonds is 3. The van der Waals surface area contributed by atoms with E-state index >= 15 is 0 Å². The van der Waals surface area contributed by atoms with E-state index in [9.17, 15) is 0 Å². The van der Waals surface area contributed by atoms with Gasteiger partial charge in [-0.1, -0.05) is 17.7 Å². The number of aryl methyl sites for hydroxylation is 1. The molecule has 1 aliphatic heterocycles. The normalized spacial score (nSPS) is 20.2. The lowest BCUT2D eigenvalue weighted by Crippen LogP contribution is -2.09. The maximum Gasteiger partial charge on any atom is 0.0593 e. The van der Waals surface area contributed by atoms with Crippen LogP contribution in [0.4, 0.5) is 0 Å². The number of fused-ring (bicyclic) bond motifs is 1. The fourth-order valence-corrected chi connectivity index (χ4v) is 2.77. The van der Waals surface area contributed by atoms with Crippen molar-refractivity contribution in [3.8, 4) is 0 Å². The minimum atomic E-state index is 0.451. The van der Waals surface area contributed by atoms with Gasteiger partial charge in [0.05, 0.1) is 6.10 Å². The highest BCUT2D eigenvalue weighted by Crippen LogP contribution is 2.25. The first-order chi connectivity index (χ1) is 8.34. The first-order valence-corrected chi connectivity index (χ1v) is 6.57. The fourth-order valence-electron chi connectivity index (χ4n) is 2.54. The quantitative estimate of drug-likeness (QED) is 0.806. The van der Waals surface area contributed by atoms with Crippen molar-refractivity contribution in [1.29, 1.82) is 0 Å². The molecule has 0 spiro atoms. The van der Waals surface area contributed by atoms with Gasteiger partial charge in [-0.3, -0.25) is 0 Å². The second-order valence-electron chi connectivity index (χ2n) is 4.61. The highest BCUT2D eigenvalue weighted by atomic mass is 35.5. The number of hydrogen-bond donors (Lipinski definition) is 0. The third kappa shape index (κ3) is 2.20. The number of ether oxygens (including phenoxy) is 1. The second-order valence-corrected chi connectivity index (χ2v) is 5.01. The third-order valence-electron chi connectivity index (χ3n) is 3.48. The highest BCUT2D eigenvalue weighted by molar-refractivity contribution is 6.35. The Labute approximate surface area is 106 Å². The molecule has 3 heteroatoms. The Morgan fingerprint density at radius 2 is 2.29 bits per heavy atom. The maximum atomic E-state index is 6.16. The molecule has 0 bridgehead atoms. The summed E-state index contributed by atoms with van der Waals surface area (Å²) in [5.41, 5.74) is 1.22. The van der Waals surface area contributed by atoms with Gasteiger partial charge in [-0.15, -0.1) is 0 Å². The summed E-state index contributed by atoms with van der Waals surface area (Å²) in [6.45, 7) is 1.94. The van der Waals surface area contributed by atoms with Crippen molar-refractivity contribution in [2.24, 2.45) is 0 Å². The molecule has 0 saturated carbocycles. The van der Waals surface area contributed by atoms with Gasteiger partial charge in [0.15, 0.2) is 0 Å². The molecule has 0 aliphatic carbocycles. The van der Waals surface area contributed by atoms with Crippen LogP contribution in [0.5, 0.6) is 0 Å². The van der Waals surface area contributed by atoms with Crippen LogP contribution in [-0.4, -0.2) is 17.3 Å². The van der Waals surface area contributed by atoms with Crippen LogP contribution in [0.1, 0.15) is 19.3 Å². The van der Waals surface area contributed by atoms with Gasteiger partial charge in [0.25, 0.3) is 0 Å². The molecule has 2 heterocycles. The molecule has 1 aromatic carbocycles. The summed E-state index contributed by atoms with van der Waals surface area (Å²) in [7, 11) is 0. The number of benzene rings is 1. The van der Waals surface area contributed by atoms with Gasteiger partial charge in [0.2, 0.25) is 0 Å². The molecule has 1 fully saturated rings. The first kappa shape index (κ1) is 11.1. The molecule has 0 radical (unpaired) electrons. The number of hydrogen-bond acceptors (Lipinski definition) is 1. The van der Waals surface area contributed by atoms with E-state index in [0.29, 0.717) is 6.10 Å². The summed E-state index contributed by atoms with van der Waals surface area (Å²) in [6.07, 6.45) is 6.08. The minimum Gasteiger partial charge on any atom is -0.378 e. The van der Waals surface area contributed by atoms with Crippen LogP contribution < -0.4 is 0 Å². The lowest BCUT2D eigenvalue weighted by atomic mass is 10.2. The molecule has 0 amide bonds. The molecule has 1 aliphatic rings. The van der Waals surface area contributed by atoms with Gasteiger partial charge in [-0.05, 0) is 37.5 Å². The average molecular weight is 250 g/mol. The van der Waals surface area contributed by atoms with E-state index in [0.717, 1.165) is 30.0 Å². The van der Waals surface area contributed by atoms with Crippen molar-refractivity contribution in [2.75, 3.05) is 6.61 Å². The van der Waals surface area contributed by atoms with Gasteiger partial charge in [0.1, 0.15) is 0 Å². The van der Waals surface area contributed by atoms with E-state index in [1.165, 1.54) is 18.4 Å².